The van der Waals surface area contributed by atoms with Crippen molar-refractivity contribution < 1.29 is 30.0 Å². The number of aliphatic hydroxyl groups is 4. The molecule has 0 aliphatic rings. The van der Waals surface area contributed by atoms with E-state index in [0.29, 0.717) is 0 Å². The van der Waals surface area contributed by atoms with Crippen molar-refractivity contribution in [3.05, 3.63) is 5.53 Å². The average molecular weight is 205 g/mol. The molecule has 0 fully saturated rings. The van der Waals surface area contributed by atoms with Crippen molar-refractivity contribution in [2.45, 2.75) is 24.4 Å². The first-order valence-electron chi connectivity index (χ1n) is 3.52. The van der Waals surface area contributed by atoms with Gasteiger partial charge in [0.25, 0.3) is 5.91 Å². The third-order valence-corrected chi connectivity index (χ3v) is 1.51. The van der Waals surface area contributed by atoms with Crippen LogP contribution in [0.2, 0.25) is 0 Å². The van der Waals surface area contributed by atoms with Crippen molar-refractivity contribution in [3.8, 4) is 0 Å². The van der Waals surface area contributed by atoms with Crippen LogP contribution >= 0.6 is 0 Å². The molecule has 8 nitrogen and oxygen atoms in total. The number of carbonyl (C=O) groups excluding carboxylic acids is 2. The molecule has 0 radical (unpaired) electrons. The maximum atomic E-state index is 10.5. The fourth-order valence-electron chi connectivity index (χ4n) is 0.675. The standard InChI is InChI=1S/C6H9N2O6/c7-8-6(14)5(13)4(12)3(11)2(10)1-9/h1-5,10-13H/q-1. The zero-order valence-corrected chi connectivity index (χ0v) is 6.89. The molecule has 14 heavy (non-hydrogen) atoms. The molecular weight excluding hydrogens is 196 g/mol. The van der Waals surface area contributed by atoms with Crippen LogP contribution in [0, 0.1) is 0 Å². The van der Waals surface area contributed by atoms with Crippen LogP contribution < -0.4 is 0 Å². The Balaban J connectivity index is 4.44. The topological polar surface area (TPSA) is 150 Å². The van der Waals surface area contributed by atoms with Gasteiger partial charge in [0.2, 0.25) is 0 Å². The van der Waals surface area contributed by atoms with Crippen LogP contribution in [0.4, 0.5) is 0 Å². The van der Waals surface area contributed by atoms with Crippen LogP contribution in [-0.2, 0) is 9.59 Å². The number of carbonyl (C=O) groups is 2. The van der Waals surface area contributed by atoms with Crippen LogP contribution in [-0.4, -0.2) is 57.0 Å². The van der Waals surface area contributed by atoms with E-state index in [2.05, 4.69) is 0 Å². The zero-order valence-electron chi connectivity index (χ0n) is 6.89. The number of aliphatic hydroxyl groups excluding tert-OH is 4. The molecule has 0 saturated heterocycles. The highest BCUT2D eigenvalue weighted by molar-refractivity contribution is 5.81. The van der Waals surface area contributed by atoms with Gasteiger partial charge in [-0.15, -0.1) is 0 Å². The molecule has 0 rings (SSSR count). The molecular formula is C6H9N2O6-. The second kappa shape index (κ2) is 5.50. The Bertz CT molecular complexity index is 232. The lowest BCUT2D eigenvalue weighted by atomic mass is 10.0. The van der Waals surface area contributed by atoms with Crippen LogP contribution in [0.5, 0.6) is 0 Å². The summed E-state index contributed by atoms with van der Waals surface area (Å²) in [4.78, 5) is 20.4. The Morgan fingerprint density at radius 2 is 1.71 bits per heavy atom. The maximum Gasteiger partial charge on any atom is 0.257 e. The van der Waals surface area contributed by atoms with Gasteiger partial charge >= 0.3 is 0 Å². The monoisotopic (exact) mass is 205 g/mol. The first-order chi connectivity index (χ1) is 6.45. The van der Waals surface area contributed by atoms with Crippen LogP contribution in [0.3, 0.4) is 0 Å². The van der Waals surface area contributed by atoms with Gasteiger partial charge in [0.1, 0.15) is 18.3 Å². The van der Waals surface area contributed by atoms with Gasteiger partial charge in [-0.3, -0.25) is 4.79 Å². The summed E-state index contributed by atoms with van der Waals surface area (Å²) in [6, 6.07) is 0. The van der Waals surface area contributed by atoms with Crippen molar-refractivity contribution in [1.29, 1.82) is 0 Å². The van der Waals surface area contributed by atoms with Gasteiger partial charge in [0, 0.05) is 0 Å². The highest BCUT2D eigenvalue weighted by atomic mass is 16.4. The normalized spacial score (nSPS) is 19.1. The van der Waals surface area contributed by atoms with Crippen molar-refractivity contribution >= 4 is 12.2 Å². The number of aldehydes is 1. The molecule has 0 aliphatic carbocycles. The second-order valence-electron chi connectivity index (χ2n) is 2.49. The van der Waals surface area contributed by atoms with E-state index in [1.807, 2.05) is 5.11 Å². The molecule has 8 heteroatoms. The summed E-state index contributed by atoms with van der Waals surface area (Å²) >= 11 is 0. The van der Waals surface area contributed by atoms with E-state index in [-0.39, 0.29) is 6.29 Å². The quantitative estimate of drug-likeness (QED) is 0.281. The highest BCUT2D eigenvalue weighted by Gasteiger charge is 2.33. The predicted molar refractivity (Wildman–Crippen MR) is 40.9 cm³/mol. The fraction of sp³-hybridized carbons (Fsp3) is 0.667. The summed E-state index contributed by atoms with van der Waals surface area (Å²) in [6.07, 6.45) is -8.37. The van der Waals surface area contributed by atoms with Crippen molar-refractivity contribution in [1.82, 2.24) is 0 Å². The number of amides is 1. The van der Waals surface area contributed by atoms with Crippen molar-refractivity contribution in [3.63, 3.8) is 0 Å². The number of nitrogens with zero attached hydrogens (tertiary/aromatic N) is 2. The van der Waals surface area contributed by atoms with E-state index in [4.69, 9.17) is 26.0 Å². The maximum absolute atomic E-state index is 10.5. The Morgan fingerprint density at radius 3 is 2.07 bits per heavy atom. The van der Waals surface area contributed by atoms with E-state index >= 15 is 0 Å². The fourth-order valence-corrected chi connectivity index (χ4v) is 0.675. The summed E-state index contributed by atoms with van der Waals surface area (Å²) in [6.45, 7) is 0. The molecule has 0 aromatic rings. The minimum Gasteiger partial charge on any atom is -0.704 e. The molecule has 0 spiro atoms. The van der Waals surface area contributed by atoms with Gasteiger partial charge in [-0.2, -0.15) is 0 Å². The number of rotatable bonds is 5. The first-order valence-corrected chi connectivity index (χ1v) is 3.52. The van der Waals surface area contributed by atoms with Crippen LogP contribution in [0.15, 0.2) is 5.11 Å². The molecule has 0 aliphatic heterocycles. The van der Waals surface area contributed by atoms with Crippen LogP contribution in [0.25, 0.3) is 5.53 Å². The minimum absolute atomic E-state index is 0.0822. The minimum atomic E-state index is -2.20. The molecule has 4 atom stereocenters. The van der Waals surface area contributed by atoms with Gasteiger partial charge in [-0.25, -0.2) is 0 Å². The molecule has 4 unspecified atom stereocenters. The third-order valence-electron chi connectivity index (χ3n) is 1.51. The lowest BCUT2D eigenvalue weighted by Gasteiger charge is -2.22. The van der Waals surface area contributed by atoms with E-state index in [9.17, 15) is 9.59 Å². The lowest BCUT2D eigenvalue weighted by molar-refractivity contribution is -0.147. The van der Waals surface area contributed by atoms with Gasteiger partial charge in [-0.1, -0.05) is 0 Å². The summed E-state index contributed by atoms with van der Waals surface area (Å²) in [7, 11) is 0. The Morgan fingerprint density at radius 1 is 1.21 bits per heavy atom. The molecule has 0 saturated carbocycles. The lowest BCUT2D eigenvalue weighted by Crippen LogP contribution is -2.47. The van der Waals surface area contributed by atoms with Gasteiger partial charge < -0.3 is 35.9 Å². The number of hydrogen-bond acceptors (Lipinski definition) is 6. The largest absolute Gasteiger partial charge is 0.704 e. The Kier molecular flexibility index (Phi) is 5.02. The van der Waals surface area contributed by atoms with Crippen molar-refractivity contribution in [2.24, 2.45) is 5.11 Å². The molecule has 0 aromatic carbocycles. The summed E-state index contributed by atoms with van der Waals surface area (Å²) in [5.41, 5.74) is 7.92. The summed E-state index contributed by atoms with van der Waals surface area (Å²) in [5, 5.41) is 37.5. The van der Waals surface area contributed by atoms with E-state index in [0.717, 1.165) is 0 Å². The Labute approximate surface area is 78.3 Å². The third kappa shape index (κ3) is 2.92. The molecule has 80 valence electrons. The molecule has 0 aromatic heterocycles. The first kappa shape index (κ1) is 12.8. The highest BCUT2D eigenvalue weighted by Crippen LogP contribution is 2.05. The second-order valence-corrected chi connectivity index (χ2v) is 2.49. The number of hydrogen-bond donors (Lipinski definition) is 4. The molecule has 4 N–H and O–H groups in total. The average Bonchev–Trinajstić information content (AvgIpc) is 2.23. The smallest absolute Gasteiger partial charge is 0.257 e. The summed E-state index contributed by atoms with van der Waals surface area (Å²) in [5.74, 6) is -1.49. The Hall–Kier alpha value is -1.22. The molecule has 1 amide bonds. The zero-order chi connectivity index (χ0) is 11.3. The van der Waals surface area contributed by atoms with E-state index in [1.54, 1.807) is 0 Å². The molecule has 0 heterocycles. The van der Waals surface area contributed by atoms with Gasteiger partial charge in [0.05, 0.1) is 0 Å². The predicted octanol–water partition coefficient (Wildman–Crippen LogP) is -2.82. The molecule has 0 bridgehead atoms. The SMILES string of the molecule is [N-]=NC(=O)C(O)C(O)C(O)C(O)C=O. The van der Waals surface area contributed by atoms with E-state index < -0.39 is 30.3 Å². The van der Waals surface area contributed by atoms with Crippen molar-refractivity contribution in [2.75, 3.05) is 0 Å². The summed E-state index contributed by atoms with van der Waals surface area (Å²) < 4.78 is 0. The van der Waals surface area contributed by atoms with E-state index in [1.165, 1.54) is 0 Å². The van der Waals surface area contributed by atoms with Gasteiger partial charge in [0.15, 0.2) is 12.4 Å². The van der Waals surface area contributed by atoms with Gasteiger partial charge in [-0.05, 0) is 0 Å². The van der Waals surface area contributed by atoms with Crippen LogP contribution in [0.1, 0.15) is 0 Å².